The number of allylic oxidation sites excluding steroid dienone is 4. The molecule has 0 amide bonds. The van der Waals surface area contributed by atoms with Crippen LogP contribution in [0.15, 0.2) is 35.0 Å². The second-order valence-electron chi connectivity index (χ2n) is 7.58. The average Bonchev–Trinajstić information content (AvgIpc) is 3.13. The van der Waals surface area contributed by atoms with E-state index in [1.54, 1.807) is 9.69 Å². The molecular weight excluding hydrogens is 352 g/mol. The summed E-state index contributed by atoms with van der Waals surface area (Å²) in [6.45, 7) is 6.53. The predicted octanol–water partition coefficient (Wildman–Crippen LogP) is 4.32. The number of aromatic nitrogens is 2. The Kier molecular flexibility index (Phi) is 6.73. The third-order valence-electron chi connectivity index (χ3n) is 5.45. The summed E-state index contributed by atoms with van der Waals surface area (Å²) in [5.74, 6) is 0.159. The highest BCUT2D eigenvalue weighted by molar-refractivity contribution is 6.04. The lowest BCUT2D eigenvalue weighted by Crippen LogP contribution is -2.28. The molecule has 6 heteroatoms. The van der Waals surface area contributed by atoms with Crippen LogP contribution < -0.4 is 0 Å². The molecule has 2 N–H and O–H groups in total. The highest BCUT2D eigenvalue weighted by Gasteiger charge is 2.29. The van der Waals surface area contributed by atoms with Gasteiger partial charge in [-0.1, -0.05) is 24.3 Å². The molecule has 0 bridgehead atoms. The Bertz CT molecular complexity index is 804. The van der Waals surface area contributed by atoms with Gasteiger partial charge >= 0.3 is 0 Å². The van der Waals surface area contributed by atoms with Crippen LogP contribution in [0.3, 0.4) is 0 Å². The van der Waals surface area contributed by atoms with Gasteiger partial charge in [-0.25, -0.2) is 4.68 Å². The van der Waals surface area contributed by atoms with Crippen molar-refractivity contribution in [2.45, 2.75) is 71.6 Å². The highest BCUT2D eigenvalue weighted by atomic mass is 16.3. The zero-order valence-electron chi connectivity index (χ0n) is 17.2. The van der Waals surface area contributed by atoms with Gasteiger partial charge in [0.15, 0.2) is 6.23 Å². The van der Waals surface area contributed by atoms with Crippen molar-refractivity contribution in [2.24, 2.45) is 5.10 Å². The van der Waals surface area contributed by atoms with E-state index in [2.05, 4.69) is 34.5 Å². The van der Waals surface area contributed by atoms with Gasteiger partial charge in [-0.05, 0) is 65.4 Å². The maximum absolute atomic E-state index is 10.8. The summed E-state index contributed by atoms with van der Waals surface area (Å²) < 4.78 is 1.70. The van der Waals surface area contributed by atoms with Gasteiger partial charge in [-0.15, -0.1) is 0 Å². The smallest absolute Gasteiger partial charge is 0.217 e. The summed E-state index contributed by atoms with van der Waals surface area (Å²) in [4.78, 5) is 0. The molecule has 1 aromatic rings. The lowest BCUT2D eigenvalue weighted by Gasteiger charge is -2.19. The molecule has 2 atom stereocenters. The average molecular weight is 385 g/mol. The maximum atomic E-state index is 10.8. The molecule has 0 saturated carbocycles. The van der Waals surface area contributed by atoms with Gasteiger partial charge in [0, 0.05) is 12.1 Å². The van der Waals surface area contributed by atoms with Crippen LogP contribution in [0.2, 0.25) is 0 Å². The van der Waals surface area contributed by atoms with Gasteiger partial charge in [-0.3, -0.25) is 5.01 Å². The maximum Gasteiger partial charge on any atom is 0.217 e. The van der Waals surface area contributed by atoms with E-state index in [0.717, 1.165) is 55.5 Å². The molecule has 0 saturated heterocycles. The lowest BCUT2D eigenvalue weighted by atomic mass is 10.0. The molecule has 1 aliphatic carbocycles. The number of rotatable bonds is 7. The number of nitrogens with zero attached hydrogens (tertiary/aromatic N) is 4. The van der Waals surface area contributed by atoms with Crippen LogP contribution in [0.5, 0.6) is 5.88 Å². The van der Waals surface area contributed by atoms with Crippen molar-refractivity contribution in [3.8, 4) is 5.88 Å². The van der Waals surface area contributed by atoms with Crippen LogP contribution in [0.25, 0.3) is 6.08 Å². The van der Waals surface area contributed by atoms with E-state index >= 15 is 0 Å². The molecule has 2 aliphatic rings. The zero-order valence-corrected chi connectivity index (χ0v) is 17.2. The minimum Gasteiger partial charge on any atom is -0.493 e. The van der Waals surface area contributed by atoms with Crippen LogP contribution >= 0.6 is 0 Å². The molecule has 3 rings (SSSR count). The Morgan fingerprint density at radius 1 is 1.29 bits per heavy atom. The van der Waals surface area contributed by atoms with Crippen LogP contribution in [-0.2, 0) is 0 Å². The zero-order chi connectivity index (χ0) is 20.1. The largest absolute Gasteiger partial charge is 0.493 e. The standard InChI is InChI=1S/C22H32N4O2/c1-4-5-6-7-11-14-25-21(27)19(16(2)23-25)15-20-17(3)24-26(22(20)28)18-12-9-8-10-13-18/h4-5,9,12,15,18,21,27-28H,6-8,10-11,13-14H2,1-3H3/b5-4-,19-15-. The van der Waals surface area contributed by atoms with Gasteiger partial charge in [0.1, 0.15) is 0 Å². The van der Waals surface area contributed by atoms with Crippen LogP contribution in [0.4, 0.5) is 0 Å². The third kappa shape index (κ3) is 4.38. The first-order valence-corrected chi connectivity index (χ1v) is 10.3. The number of aliphatic hydroxyl groups excluding tert-OH is 1. The summed E-state index contributed by atoms with van der Waals surface area (Å²) >= 11 is 0. The van der Waals surface area contributed by atoms with Crippen molar-refractivity contribution in [2.75, 3.05) is 6.54 Å². The van der Waals surface area contributed by atoms with E-state index in [-0.39, 0.29) is 11.9 Å². The van der Waals surface area contributed by atoms with E-state index in [4.69, 9.17) is 0 Å². The number of hydrogen-bond donors (Lipinski definition) is 2. The van der Waals surface area contributed by atoms with E-state index in [1.165, 1.54) is 0 Å². The minimum atomic E-state index is -0.779. The Hall–Kier alpha value is -2.34. The number of unbranched alkanes of at least 4 members (excludes halogenated alkanes) is 2. The molecule has 1 aliphatic heterocycles. The fraction of sp³-hybridized carbons (Fsp3) is 0.545. The first-order valence-electron chi connectivity index (χ1n) is 10.3. The fourth-order valence-electron chi connectivity index (χ4n) is 3.81. The molecule has 0 spiro atoms. The van der Waals surface area contributed by atoms with Crippen molar-refractivity contribution < 1.29 is 10.2 Å². The normalized spacial score (nSPS) is 23.9. The highest BCUT2D eigenvalue weighted by Crippen LogP contribution is 2.33. The van der Waals surface area contributed by atoms with Gasteiger partial charge in [-0.2, -0.15) is 10.2 Å². The molecule has 0 fully saturated rings. The fourth-order valence-corrected chi connectivity index (χ4v) is 3.81. The molecule has 0 aromatic carbocycles. The van der Waals surface area contributed by atoms with Crippen LogP contribution in [0.1, 0.15) is 69.7 Å². The monoisotopic (exact) mass is 384 g/mol. The summed E-state index contributed by atoms with van der Waals surface area (Å²) in [5, 5.41) is 32.3. The predicted molar refractivity (Wildman–Crippen MR) is 113 cm³/mol. The third-order valence-corrected chi connectivity index (χ3v) is 5.45. The van der Waals surface area contributed by atoms with Gasteiger partial charge in [0.25, 0.3) is 0 Å². The number of hydrogen-bond acceptors (Lipinski definition) is 5. The van der Waals surface area contributed by atoms with E-state index in [9.17, 15) is 10.2 Å². The first-order chi connectivity index (χ1) is 13.5. The summed E-state index contributed by atoms with van der Waals surface area (Å²) in [6, 6.07) is 0.0940. The van der Waals surface area contributed by atoms with Gasteiger partial charge in [0.05, 0.1) is 23.0 Å². The second kappa shape index (κ2) is 9.24. The van der Waals surface area contributed by atoms with Crippen molar-refractivity contribution in [3.05, 3.63) is 41.1 Å². The molecule has 0 radical (unpaired) electrons. The number of aliphatic hydroxyl groups is 1. The van der Waals surface area contributed by atoms with E-state index in [0.29, 0.717) is 12.1 Å². The molecular formula is C22H32N4O2. The summed E-state index contributed by atoms with van der Waals surface area (Å²) in [6.07, 6.45) is 15.8. The number of hydrazone groups is 1. The quantitative estimate of drug-likeness (QED) is 0.542. The molecule has 28 heavy (non-hydrogen) atoms. The summed E-state index contributed by atoms with van der Waals surface area (Å²) in [5.41, 5.74) is 2.93. The molecule has 152 valence electrons. The second-order valence-corrected chi connectivity index (χ2v) is 7.58. The molecule has 1 aromatic heterocycles. The minimum absolute atomic E-state index is 0.0940. The van der Waals surface area contributed by atoms with Crippen molar-refractivity contribution in [1.29, 1.82) is 0 Å². The lowest BCUT2D eigenvalue weighted by molar-refractivity contribution is 0.0491. The molecule has 6 nitrogen and oxygen atoms in total. The molecule has 2 heterocycles. The van der Waals surface area contributed by atoms with Crippen molar-refractivity contribution >= 4 is 11.8 Å². The SMILES string of the molecule is C/C=C\CCCCN1N=C(C)/C(=C/c2c(C)nn(C3C=CCCC3)c2O)C1O. The number of aromatic hydroxyl groups is 1. The van der Waals surface area contributed by atoms with Crippen molar-refractivity contribution in [3.63, 3.8) is 0 Å². The van der Waals surface area contributed by atoms with E-state index < -0.39 is 6.23 Å². The van der Waals surface area contributed by atoms with Crippen LogP contribution in [-0.4, -0.2) is 43.5 Å². The Morgan fingerprint density at radius 2 is 2.11 bits per heavy atom. The van der Waals surface area contributed by atoms with Gasteiger partial charge < -0.3 is 10.2 Å². The first kappa shape index (κ1) is 20.4. The number of aryl methyl sites for hydroxylation is 1. The summed E-state index contributed by atoms with van der Waals surface area (Å²) in [7, 11) is 0. The van der Waals surface area contributed by atoms with E-state index in [1.807, 2.05) is 26.8 Å². The Morgan fingerprint density at radius 3 is 2.82 bits per heavy atom. The van der Waals surface area contributed by atoms with Crippen molar-refractivity contribution in [1.82, 2.24) is 14.8 Å². The molecule has 2 unspecified atom stereocenters. The Balaban J connectivity index is 1.74. The Labute approximate surface area is 167 Å². The van der Waals surface area contributed by atoms with Crippen LogP contribution in [0, 0.1) is 6.92 Å². The topological polar surface area (TPSA) is 73.9 Å². The van der Waals surface area contributed by atoms with Gasteiger partial charge in [0.2, 0.25) is 5.88 Å².